The molecule has 0 radical (unpaired) electrons. The van der Waals surface area contributed by atoms with Crippen LogP contribution in [0.3, 0.4) is 0 Å². The van der Waals surface area contributed by atoms with E-state index >= 15 is 0 Å². The van der Waals surface area contributed by atoms with Gasteiger partial charge in [0.15, 0.2) is 11.8 Å². The fourth-order valence-electron chi connectivity index (χ4n) is 1.59. The molecule has 1 amide bonds. The summed E-state index contributed by atoms with van der Waals surface area (Å²) in [7, 11) is 0. The second kappa shape index (κ2) is 8.05. The van der Waals surface area contributed by atoms with Gasteiger partial charge in [-0.05, 0) is 35.9 Å². The van der Waals surface area contributed by atoms with Crippen molar-refractivity contribution >= 4 is 35.2 Å². The molecule has 0 fully saturated rings. The van der Waals surface area contributed by atoms with Gasteiger partial charge in [-0.1, -0.05) is 23.7 Å². The molecule has 1 heterocycles. The van der Waals surface area contributed by atoms with E-state index in [1.165, 1.54) is 36.5 Å². The number of nitrogens with one attached hydrogen (secondary N) is 1. The van der Waals surface area contributed by atoms with Crippen LogP contribution in [0.15, 0.2) is 48.7 Å². The predicted molar refractivity (Wildman–Crippen MR) is 84.3 cm³/mol. The molecule has 5 nitrogen and oxygen atoms in total. The van der Waals surface area contributed by atoms with Gasteiger partial charge in [-0.25, -0.2) is 14.2 Å². The zero-order chi connectivity index (χ0) is 16.7. The second-order valence-corrected chi connectivity index (χ2v) is 4.74. The molecule has 0 saturated heterocycles. The Hall–Kier alpha value is -2.73. The Morgan fingerprint density at radius 1 is 1.26 bits per heavy atom. The van der Waals surface area contributed by atoms with Crippen molar-refractivity contribution in [2.45, 2.75) is 0 Å². The van der Waals surface area contributed by atoms with Gasteiger partial charge < -0.3 is 10.1 Å². The molecule has 23 heavy (non-hydrogen) atoms. The molecule has 0 aliphatic rings. The van der Waals surface area contributed by atoms with Crippen molar-refractivity contribution < 1.29 is 18.7 Å². The van der Waals surface area contributed by atoms with Crippen LogP contribution in [0.5, 0.6) is 0 Å². The van der Waals surface area contributed by atoms with E-state index in [4.69, 9.17) is 16.3 Å². The number of carbonyl (C=O) groups excluding carboxylic acids is 2. The molecule has 2 aromatic rings. The molecular weight excluding hydrogens is 323 g/mol. The van der Waals surface area contributed by atoms with Crippen LogP contribution in [0.4, 0.5) is 10.1 Å². The number of esters is 1. The van der Waals surface area contributed by atoms with E-state index in [2.05, 4.69) is 10.3 Å². The highest BCUT2D eigenvalue weighted by atomic mass is 35.5. The first-order valence-corrected chi connectivity index (χ1v) is 6.93. The number of pyridine rings is 1. The number of ether oxygens (including phenoxy) is 1. The lowest BCUT2D eigenvalue weighted by molar-refractivity contribution is -0.142. The van der Waals surface area contributed by atoms with Crippen LogP contribution < -0.4 is 5.32 Å². The van der Waals surface area contributed by atoms with Crippen molar-refractivity contribution in [3.05, 3.63) is 65.2 Å². The molecule has 0 aliphatic carbocycles. The molecule has 0 spiro atoms. The van der Waals surface area contributed by atoms with Gasteiger partial charge in [-0.3, -0.25) is 4.79 Å². The van der Waals surface area contributed by atoms with Gasteiger partial charge in [0.1, 0.15) is 5.82 Å². The fourth-order valence-corrected chi connectivity index (χ4v) is 1.76. The summed E-state index contributed by atoms with van der Waals surface area (Å²) in [6.07, 6.45) is 4.09. The Labute approximate surface area is 136 Å². The van der Waals surface area contributed by atoms with Gasteiger partial charge in [-0.15, -0.1) is 0 Å². The monoisotopic (exact) mass is 334 g/mol. The standard InChI is InChI=1S/C16H12ClFN2O3/c17-16-13(2-1-9-19-16)20-14(21)10-23-15(22)8-5-11-3-6-12(18)7-4-11/h1-9H,10H2,(H,20,21). The maximum atomic E-state index is 12.7. The molecule has 1 aromatic carbocycles. The maximum absolute atomic E-state index is 12.7. The summed E-state index contributed by atoms with van der Waals surface area (Å²) < 4.78 is 17.5. The molecule has 2 rings (SSSR count). The zero-order valence-electron chi connectivity index (χ0n) is 11.8. The lowest BCUT2D eigenvalue weighted by Crippen LogP contribution is -2.20. The summed E-state index contributed by atoms with van der Waals surface area (Å²) in [4.78, 5) is 26.9. The number of hydrogen-bond donors (Lipinski definition) is 1. The van der Waals surface area contributed by atoms with E-state index in [0.29, 0.717) is 11.3 Å². The van der Waals surface area contributed by atoms with Crippen molar-refractivity contribution in [2.75, 3.05) is 11.9 Å². The minimum atomic E-state index is -0.693. The van der Waals surface area contributed by atoms with Gasteiger partial charge in [0, 0.05) is 12.3 Å². The third-order valence-electron chi connectivity index (χ3n) is 2.66. The van der Waals surface area contributed by atoms with Crippen LogP contribution in [0.2, 0.25) is 5.15 Å². The fraction of sp³-hybridized carbons (Fsp3) is 0.0625. The highest BCUT2D eigenvalue weighted by Gasteiger charge is 2.08. The van der Waals surface area contributed by atoms with E-state index in [1.54, 1.807) is 12.1 Å². The smallest absolute Gasteiger partial charge is 0.331 e. The molecular formula is C16H12ClFN2O3. The van der Waals surface area contributed by atoms with Crippen LogP contribution in [-0.2, 0) is 14.3 Å². The summed E-state index contributed by atoms with van der Waals surface area (Å²) in [6.45, 7) is -0.461. The third kappa shape index (κ3) is 5.52. The van der Waals surface area contributed by atoms with E-state index in [1.807, 2.05) is 0 Å². The number of hydrogen-bond acceptors (Lipinski definition) is 4. The Morgan fingerprint density at radius 2 is 2.00 bits per heavy atom. The molecule has 118 valence electrons. The van der Waals surface area contributed by atoms with E-state index in [-0.39, 0.29) is 11.0 Å². The van der Waals surface area contributed by atoms with Crippen LogP contribution in [0.25, 0.3) is 6.08 Å². The average molecular weight is 335 g/mol. The van der Waals surface area contributed by atoms with Crippen LogP contribution >= 0.6 is 11.6 Å². The minimum absolute atomic E-state index is 0.142. The summed E-state index contributed by atoms with van der Waals surface area (Å²) in [5.74, 6) is -1.60. The van der Waals surface area contributed by atoms with Gasteiger partial charge >= 0.3 is 5.97 Å². The predicted octanol–water partition coefficient (Wildman–Crippen LogP) is 3.07. The second-order valence-electron chi connectivity index (χ2n) is 4.38. The highest BCUT2D eigenvalue weighted by molar-refractivity contribution is 6.32. The summed E-state index contributed by atoms with van der Waals surface area (Å²) >= 11 is 5.79. The van der Waals surface area contributed by atoms with Crippen LogP contribution in [-0.4, -0.2) is 23.5 Å². The zero-order valence-corrected chi connectivity index (χ0v) is 12.6. The number of benzene rings is 1. The Bertz CT molecular complexity index is 732. The van der Waals surface area contributed by atoms with Crippen molar-refractivity contribution in [1.82, 2.24) is 4.98 Å². The van der Waals surface area contributed by atoms with E-state index in [9.17, 15) is 14.0 Å². The van der Waals surface area contributed by atoms with Gasteiger partial charge in [0.25, 0.3) is 5.91 Å². The third-order valence-corrected chi connectivity index (χ3v) is 2.96. The average Bonchev–Trinajstić information content (AvgIpc) is 2.54. The normalized spacial score (nSPS) is 10.5. The molecule has 1 aromatic heterocycles. The van der Waals surface area contributed by atoms with E-state index < -0.39 is 18.5 Å². The minimum Gasteiger partial charge on any atom is -0.452 e. The quantitative estimate of drug-likeness (QED) is 0.518. The lowest BCUT2D eigenvalue weighted by atomic mass is 10.2. The number of nitrogens with zero attached hydrogens (tertiary/aromatic N) is 1. The first-order chi connectivity index (χ1) is 11.0. The number of carbonyl (C=O) groups is 2. The molecule has 1 N–H and O–H groups in total. The SMILES string of the molecule is O=C(COC(=O)C=Cc1ccc(F)cc1)Nc1cccnc1Cl. The van der Waals surface area contributed by atoms with Gasteiger partial charge in [-0.2, -0.15) is 0 Å². The van der Waals surface area contributed by atoms with Crippen LogP contribution in [0, 0.1) is 5.82 Å². The number of halogens is 2. The Balaban J connectivity index is 1.81. The van der Waals surface area contributed by atoms with E-state index in [0.717, 1.165) is 6.08 Å². The Kier molecular flexibility index (Phi) is 5.82. The van der Waals surface area contributed by atoms with Gasteiger partial charge in [0.2, 0.25) is 0 Å². The molecule has 0 bridgehead atoms. The number of rotatable bonds is 5. The molecule has 7 heteroatoms. The van der Waals surface area contributed by atoms with Crippen molar-refractivity contribution in [3.8, 4) is 0 Å². The maximum Gasteiger partial charge on any atom is 0.331 e. The Morgan fingerprint density at radius 3 is 2.70 bits per heavy atom. The first-order valence-electron chi connectivity index (χ1n) is 6.55. The van der Waals surface area contributed by atoms with Crippen molar-refractivity contribution in [3.63, 3.8) is 0 Å². The van der Waals surface area contributed by atoms with Crippen molar-refractivity contribution in [1.29, 1.82) is 0 Å². The largest absolute Gasteiger partial charge is 0.452 e. The topological polar surface area (TPSA) is 68.3 Å². The van der Waals surface area contributed by atoms with Gasteiger partial charge in [0.05, 0.1) is 5.69 Å². The molecule has 0 saturated carbocycles. The number of aromatic nitrogens is 1. The number of amides is 1. The first kappa shape index (κ1) is 16.6. The van der Waals surface area contributed by atoms with Crippen molar-refractivity contribution in [2.24, 2.45) is 0 Å². The lowest BCUT2D eigenvalue weighted by Gasteiger charge is -2.06. The summed E-state index contributed by atoms with van der Waals surface area (Å²) in [5, 5.41) is 2.61. The molecule has 0 unspecified atom stereocenters. The number of anilines is 1. The van der Waals surface area contributed by atoms with Crippen LogP contribution in [0.1, 0.15) is 5.56 Å². The summed E-state index contributed by atoms with van der Waals surface area (Å²) in [5.41, 5.74) is 0.965. The molecule has 0 aliphatic heterocycles. The summed E-state index contributed by atoms with van der Waals surface area (Å²) in [6, 6.07) is 8.75. The highest BCUT2D eigenvalue weighted by Crippen LogP contribution is 2.17. The molecule has 0 atom stereocenters.